The number of nitrogens with zero attached hydrogens (tertiary/aromatic N) is 1. The fraction of sp³-hybridized carbons (Fsp3) is 0.587. The maximum Gasteiger partial charge on any atom is 0.472 e. The van der Waals surface area contributed by atoms with Gasteiger partial charge in [-0.15, -0.1) is 0 Å². The van der Waals surface area contributed by atoms with Crippen LogP contribution in [-0.4, -0.2) is 74.3 Å². The number of rotatable bonds is 48. The molecule has 0 bridgehead atoms. The normalized spacial score (nSPS) is 14.9. The lowest BCUT2D eigenvalue weighted by atomic mass is 10.1. The Kier molecular flexibility index (Phi) is 48.5. The van der Waals surface area contributed by atoms with Crippen LogP contribution < -0.4 is 5.32 Å². The Hall–Kier alpha value is -4.11. The highest BCUT2D eigenvalue weighted by atomic mass is 31.2. The zero-order chi connectivity index (χ0) is 53.6. The lowest BCUT2D eigenvalue weighted by Gasteiger charge is -2.27. The highest BCUT2D eigenvalue weighted by Gasteiger charge is 2.30. The van der Waals surface area contributed by atoms with E-state index >= 15 is 0 Å². The van der Waals surface area contributed by atoms with Crippen molar-refractivity contribution in [2.24, 2.45) is 0 Å². The van der Waals surface area contributed by atoms with Gasteiger partial charge >= 0.3 is 13.8 Å². The average molecular weight is 1030 g/mol. The first-order valence-electron chi connectivity index (χ1n) is 28.2. The number of allylic oxidation sites excluding steroid dienone is 23. The van der Waals surface area contributed by atoms with E-state index in [0.29, 0.717) is 23.9 Å². The van der Waals surface area contributed by atoms with E-state index in [0.717, 1.165) is 89.9 Å². The summed E-state index contributed by atoms with van der Waals surface area (Å²) in [5.41, 5.74) is 0. The summed E-state index contributed by atoms with van der Waals surface area (Å²) in [6.45, 7) is 6.63. The molecule has 0 rings (SSSR count). The number of likely N-dealkylation sites (N-methyl/N-ethyl adjacent to an activating group) is 1. The molecular formula is C63H104N2O7P+. The predicted molar refractivity (Wildman–Crippen MR) is 313 cm³/mol. The van der Waals surface area contributed by atoms with Gasteiger partial charge < -0.3 is 19.4 Å². The number of hydrogen-bond donors (Lipinski definition) is 2. The second-order valence-electron chi connectivity index (χ2n) is 19.3. The van der Waals surface area contributed by atoms with Crippen LogP contribution in [0.3, 0.4) is 0 Å². The predicted octanol–water partition coefficient (Wildman–Crippen LogP) is 17.1. The largest absolute Gasteiger partial charge is 0.472 e. The number of nitrogens with one attached hydrogen (secondary N) is 1. The van der Waals surface area contributed by atoms with Crippen LogP contribution in [0.1, 0.15) is 188 Å². The van der Waals surface area contributed by atoms with Gasteiger partial charge in [-0.2, -0.15) is 0 Å². The van der Waals surface area contributed by atoms with Crippen LogP contribution in [0.2, 0.25) is 0 Å². The smallest absolute Gasteiger partial charge is 0.456 e. The van der Waals surface area contributed by atoms with Crippen molar-refractivity contribution in [1.82, 2.24) is 5.32 Å². The topological polar surface area (TPSA) is 111 Å². The lowest BCUT2D eigenvalue weighted by molar-refractivity contribution is -0.870. The second kappa shape index (κ2) is 51.4. The van der Waals surface area contributed by atoms with Crippen LogP contribution in [0.5, 0.6) is 0 Å². The zero-order valence-electron chi connectivity index (χ0n) is 46.8. The minimum Gasteiger partial charge on any atom is -0.456 e. The average Bonchev–Trinajstić information content (AvgIpc) is 3.35. The zero-order valence-corrected chi connectivity index (χ0v) is 47.7. The maximum atomic E-state index is 13.4. The molecule has 2 N–H and O–H groups in total. The quantitative estimate of drug-likeness (QED) is 0.0205. The summed E-state index contributed by atoms with van der Waals surface area (Å²) in [5.74, 6) is -0.715. The molecule has 0 spiro atoms. The fourth-order valence-electron chi connectivity index (χ4n) is 7.01. The monoisotopic (exact) mass is 1030 g/mol. The van der Waals surface area contributed by atoms with E-state index in [1.165, 1.54) is 51.4 Å². The number of quaternary nitrogens is 1. The Morgan fingerprint density at radius 2 is 0.877 bits per heavy atom. The van der Waals surface area contributed by atoms with E-state index in [2.05, 4.69) is 135 Å². The molecule has 1 amide bonds. The van der Waals surface area contributed by atoms with Gasteiger partial charge in [-0.05, 0) is 102 Å². The second-order valence-corrected chi connectivity index (χ2v) is 20.8. The third kappa shape index (κ3) is 52.6. The third-order valence-electron chi connectivity index (χ3n) is 11.3. The van der Waals surface area contributed by atoms with Crippen molar-refractivity contribution in [2.75, 3.05) is 40.9 Å². The molecule has 10 heteroatoms. The van der Waals surface area contributed by atoms with Crippen molar-refractivity contribution >= 4 is 19.7 Å². The minimum absolute atomic E-state index is 0.00727. The van der Waals surface area contributed by atoms with Gasteiger partial charge in [0.1, 0.15) is 19.3 Å². The summed E-state index contributed by atoms with van der Waals surface area (Å²) in [5, 5.41) is 2.97. The molecule has 0 radical (unpaired) electrons. The molecule has 0 fully saturated rings. The van der Waals surface area contributed by atoms with Crippen molar-refractivity contribution in [1.29, 1.82) is 0 Å². The number of hydrogen-bond acceptors (Lipinski definition) is 6. The number of phosphoric ester groups is 1. The van der Waals surface area contributed by atoms with Crippen molar-refractivity contribution in [3.63, 3.8) is 0 Å². The first kappa shape index (κ1) is 68.9. The molecule has 9 nitrogen and oxygen atoms in total. The van der Waals surface area contributed by atoms with E-state index < -0.39 is 25.9 Å². The molecule has 412 valence electrons. The van der Waals surface area contributed by atoms with Gasteiger partial charge in [0, 0.05) is 12.8 Å². The number of phosphoric acid groups is 1. The van der Waals surface area contributed by atoms with E-state index in [9.17, 15) is 19.0 Å². The maximum absolute atomic E-state index is 13.4. The minimum atomic E-state index is -4.49. The van der Waals surface area contributed by atoms with E-state index in [1.54, 1.807) is 6.08 Å². The van der Waals surface area contributed by atoms with Gasteiger partial charge in [0.15, 0.2) is 0 Å². The summed E-state index contributed by atoms with van der Waals surface area (Å²) >= 11 is 0. The Balaban J connectivity index is 5.61. The molecule has 0 aromatic heterocycles. The fourth-order valence-corrected chi connectivity index (χ4v) is 7.75. The summed E-state index contributed by atoms with van der Waals surface area (Å²) < 4.78 is 30.5. The molecule has 0 aliphatic heterocycles. The van der Waals surface area contributed by atoms with Crippen molar-refractivity contribution < 1.29 is 37.3 Å². The summed E-state index contributed by atoms with van der Waals surface area (Å²) in [4.78, 5) is 37.5. The van der Waals surface area contributed by atoms with Crippen LogP contribution in [0.25, 0.3) is 0 Å². The first-order chi connectivity index (χ1) is 35.4. The molecule has 0 saturated carbocycles. The summed E-state index contributed by atoms with van der Waals surface area (Å²) in [7, 11) is 1.39. The van der Waals surface area contributed by atoms with Gasteiger partial charge in [-0.25, -0.2) is 4.57 Å². The van der Waals surface area contributed by atoms with Gasteiger partial charge in [0.2, 0.25) is 5.91 Å². The molecule has 0 heterocycles. The number of unbranched alkanes of at least 4 members (excludes halogenated alkanes) is 10. The Labute approximate surface area is 447 Å². The molecule has 73 heavy (non-hydrogen) atoms. The van der Waals surface area contributed by atoms with E-state index in [-0.39, 0.29) is 32.0 Å². The van der Waals surface area contributed by atoms with Gasteiger partial charge in [0.05, 0.1) is 33.8 Å². The molecule has 0 aromatic carbocycles. The Bertz CT molecular complexity index is 1760. The standard InChI is InChI=1S/C63H103N2O7P/c1-7-10-13-16-19-22-25-28-30-32-33-34-36-38-41-44-47-50-53-56-63(67)72-61(54-51-48-45-42-39-27-24-21-18-15-12-9-3)60(59-71-73(68,69)70-58-57-65(4,5)6)64-62(66)55-52-49-46-43-40-37-35-31-29-26-23-20-17-14-11-8-2/h10-11,13-14,19-20,22-23,28-31,33-34,37-38,40-41,46-47,49-51,54,60-61H,7-9,12,15-18,21,24-27,32,35-36,39,42-45,48,52-53,55-59H2,1-6H3,(H-,64,66,68,69)/p+1/b13-10-,14-11+,22-19-,23-20+,30-28-,31-29+,34-33-,40-37+,41-38-,49-46+,50-47-,54-51+. The lowest BCUT2D eigenvalue weighted by Crippen LogP contribution is -2.47. The molecule has 0 aliphatic rings. The highest BCUT2D eigenvalue weighted by molar-refractivity contribution is 7.47. The molecule has 0 saturated heterocycles. The number of amides is 1. The van der Waals surface area contributed by atoms with Crippen LogP contribution in [-0.2, 0) is 27.9 Å². The highest BCUT2D eigenvalue weighted by Crippen LogP contribution is 2.43. The Morgan fingerprint density at radius 1 is 0.493 bits per heavy atom. The van der Waals surface area contributed by atoms with Crippen molar-refractivity contribution in [3.05, 3.63) is 146 Å². The van der Waals surface area contributed by atoms with E-state index in [1.807, 2.05) is 51.5 Å². The van der Waals surface area contributed by atoms with Crippen LogP contribution in [0, 0.1) is 0 Å². The number of ether oxygens (including phenoxy) is 1. The third-order valence-corrected chi connectivity index (χ3v) is 12.3. The van der Waals surface area contributed by atoms with Crippen molar-refractivity contribution in [3.8, 4) is 0 Å². The number of carbonyl (C=O) groups is 2. The number of esters is 1. The number of carbonyl (C=O) groups excluding carboxylic acids is 2. The van der Waals surface area contributed by atoms with Crippen LogP contribution in [0.15, 0.2) is 146 Å². The van der Waals surface area contributed by atoms with Gasteiger partial charge in [0.25, 0.3) is 0 Å². The molecule has 0 aliphatic carbocycles. The molecule has 0 aromatic rings. The molecule has 3 unspecified atom stereocenters. The van der Waals surface area contributed by atoms with Crippen LogP contribution in [0.4, 0.5) is 0 Å². The van der Waals surface area contributed by atoms with Gasteiger partial charge in [-0.3, -0.25) is 18.6 Å². The molecule has 3 atom stereocenters. The molecular weight excluding hydrogens is 928 g/mol. The summed E-state index contributed by atoms with van der Waals surface area (Å²) in [6.07, 6.45) is 74.5. The van der Waals surface area contributed by atoms with Crippen LogP contribution >= 0.6 is 7.82 Å². The summed E-state index contributed by atoms with van der Waals surface area (Å²) in [6, 6.07) is -0.929. The Morgan fingerprint density at radius 3 is 1.29 bits per heavy atom. The van der Waals surface area contributed by atoms with Crippen molar-refractivity contribution in [2.45, 2.75) is 200 Å². The van der Waals surface area contributed by atoms with E-state index in [4.69, 9.17) is 13.8 Å². The van der Waals surface area contributed by atoms with Gasteiger partial charge in [-0.1, -0.05) is 218 Å². The first-order valence-corrected chi connectivity index (χ1v) is 29.7. The SMILES string of the molecule is CC/C=C\C/C=C\C/C=C\C/C=C\C/C=C\C/C=C\CCC(=O)OC(/C=C/CCCCCCCCCCCC)C(COP(=O)(O)OCC[N+](C)(C)C)NC(=O)CC/C=C/C/C=C/C/C=C/C/C=C/C/C=C/CC.